The van der Waals surface area contributed by atoms with Crippen molar-refractivity contribution < 1.29 is 14.8 Å². The maximum atomic E-state index is 10.5. The summed E-state index contributed by atoms with van der Waals surface area (Å²) in [5.74, 6) is 0.411. The fourth-order valence-corrected chi connectivity index (χ4v) is 1.13. The third kappa shape index (κ3) is 2.78. The predicted octanol–water partition coefficient (Wildman–Crippen LogP) is 1.61. The molecule has 0 aromatic heterocycles. The van der Waals surface area contributed by atoms with Crippen LogP contribution in [0.4, 0.5) is 5.69 Å². The van der Waals surface area contributed by atoms with E-state index in [1.807, 2.05) is 0 Å². The van der Waals surface area contributed by atoms with Crippen molar-refractivity contribution in [3.8, 4) is 5.75 Å². The molecule has 0 fully saturated rings. The van der Waals surface area contributed by atoms with Crippen LogP contribution >= 0.6 is 0 Å². The van der Waals surface area contributed by atoms with Gasteiger partial charge in [-0.2, -0.15) is 0 Å². The molecule has 1 aromatic rings. The average molecular weight is 209 g/mol. The quantitative estimate of drug-likeness (QED) is 0.604. The molecule has 0 aliphatic heterocycles. The van der Waals surface area contributed by atoms with Gasteiger partial charge in [0.25, 0.3) is 5.69 Å². The molecule has 0 aliphatic carbocycles. The molecule has 1 aromatic carbocycles. The van der Waals surface area contributed by atoms with E-state index in [1.165, 1.54) is 25.3 Å². The van der Waals surface area contributed by atoms with Gasteiger partial charge in [-0.1, -0.05) is 12.2 Å². The zero-order valence-electron chi connectivity index (χ0n) is 8.21. The first-order valence-electron chi connectivity index (χ1n) is 4.29. The Morgan fingerprint density at radius 3 is 2.87 bits per heavy atom. The number of nitrogens with zero attached hydrogens (tertiary/aromatic N) is 1. The van der Waals surface area contributed by atoms with Gasteiger partial charge in [0.05, 0.1) is 24.7 Å². The first-order chi connectivity index (χ1) is 7.19. The lowest BCUT2D eigenvalue weighted by Crippen LogP contribution is -1.92. The molecule has 0 bridgehead atoms. The first-order valence-corrected chi connectivity index (χ1v) is 4.29. The standard InChI is InChI=1S/C10H11NO4/c1-15-10-7-9(11(13)14)5-4-8(10)3-2-6-12/h2-5,7,12H,6H2,1H3. The van der Waals surface area contributed by atoms with Crippen LogP contribution in [-0.4, -0.2) is 23.7 Å². The van der Waals surface area contributed by atoms with Gasteiger partial charge in [-0.15, -0.1) is 0 Å². The zero-order chi connectivity index (χ0) is 11.3. The van der Waals surface area contributed by atoms with Crippen molar-refractivity contribution in [2.75, 3.05) is 13.7 Å². The monoisotopic (exact) mass is 209 g/mol. The van der Waals surface area contributed by atoms with E-state index in [1.54, 1.807) is 12.1 Å². The smallest absolute Gasteiger partial charge is 0.273 e. The highest BCUT2D eigenvalue weighted by Gasteiger charge is 2.09. The Labute approximate surface area is 86.8 Å². The second kappa shape index (κ2) is 5.11. The van der Waals surface area contributed by atoms with E-state index in [-0.39, 0.29) is 12.3 Å². The average Bonchev–Trinajstić information content (AvgIpc) is 2.25. The molecule has 0 spiro atoms. The summed E-state index contributed by atoms with van der Waals surface area (Å²) in [7, 11) is 1.44. The molecule has 5 heteroatoms. The molecular weight excluding hydrogens is 198 g/mol. The normalized spacial score (nSPS) is 10.5. The molecule has 0 saturated heterocycles. The van der Waals surface area contributed by atoms with E-state index >= 15 is 0 Å². The fourth-order valence-electron chi connectivity index (χ4n) is 1.13. The third-order valence-corrected chi connectivity index (χ3v) is 1.83. The molecule has 0 atom stereocenters. The minimum atomic E-state index is -0.484. The number of methoxy groups -OCH3 is 1. The second-order valence-electron chi connectivity index (χ2n) is 2.77. The number of aliphatic hydroxyl groups excluding tert-OH is 1. The Hall–Kier alpha value is -1.88. The first kappa shape index (κ1) is 11.2. The molecule has 1 N–H and O–H groups in total. The maximum absolute atomic E-state index is 10.5. The van der Waals surface area contributed by atoms with Crippen molar-refractivity contribution in [3.63, 3.8) is 0 Å². The van der Waals surface area contributed by atoms with Gasteiger partial charge in [-0.3, -0.25) is 10.1 Å². The van der Waals surface area contributed by atoms with Crippen LogP contribution in [0.3, 0.4) is 0 Å². The van der Waals surface area contributed by atoms with Gasteiger partial charge in [-0.25, -0.2) is 0 Å². The highest BCUT2D eigenvalue weighted by atomic mass is 16.6. The Bertz CT molecular complexity index is 387. The molecule has 1 rings (SSSR count). The molecule has 0 saturated carbocycles. The van der Waals surface area contributed by atoms with Crippen molar-refractivity contribution >= 4 is 11.8 Å². The lowest BCUT2D eigenvalue weighted by molar-refractivity contribution is -0.384. The van der Waals surface area contributed by atoms with Crippen molar-refractivity contribution in [3.05, 3.63) is 40.0 Å². The van der Waals surface area contributed by atoms with Crippen LogP contribution in [-0.2, 0) is 0 Å². The van der Waals surface area contributed by atoms with Crippen LogP contribution in [0.25, 0.3) is 6.08 Å². The lowest BCUT2D eigenvalue weighted by atomic mass is 10.1. The molecule has 0 heterocycles. The van der Waals surface area contributed by atoms with Crippen molar-refractivity contribution in [1.82, 2.24) is 0 Å². The largest absolute Gasteiger partial charge is 0.496 e. The van der Waals surface area contributed by atoms with Gasteiger partial charge in [0.1, 0.15) is 5.75 Å². The molecule has 0 radical (unpaired) electrons. The molecule has 0 unspecified atom stereocenters. The Kier molecular flexibility index (Phi) is 3.82. The van der Waals surface area contributed by atoms with Gasteiger partial charge in [0.2, 0.25) is 0 Å². The SMILES string of the molecule is COc1cc([N+](=O)[O-])ccc1C=CCO. The van der Waals surface area contributed by atoms with Gasteiger partial charge < -0.3 is 9.84 Å². The summed E-state index contributed by atoms with van der Waals surface area (Å²) in [5.41, 5.74) is 0.671. The van der Waals surface area contributed by atoms with Gasteiger partial charge >= 0.3 is 0 Å². The maximum Gasteiger partial charge on any atom is 0.273 e. The summed E-state index contributed by atoms with van der Waals surface area (Å²) in [6.07, 6.45) is 3.17. The van der Waals surface area contributed by atoms with Gasteiger partial charge in [0.15, 0.2) is 0 Å². The van der Waals surface area contributed by atoms with Crippen LogP contribution in [0.1, 0.15) is 5.56 Å². The van der Waals surface area contributed by atoms with Gasteiger partial charge in [0, 0.05) is 11.6 Å². The summed E-state index contributed by atoms with van der Waals surface area (Å²) in [5, 5.41) is 19.1. The topological polar surface area (TPSA) is 72.6 Å². The Morgan fingerprint density at radius 1 is 1.60 bits per heavy atom. The summed E-state index contributed by atoms with van der Waals surface area (Å²) >= 11 is 0. The Balaban J connectivity index is 3.09. The van der Waals surface area contributed by atoms with Crippen LogP contribution in [0.15, 0.2) is 24.3 Å². The number of nitro benzene ring substituents is 1. The predicted molar refractivity (Wildman–Crippen MR) is 55.8 cm³/mol. The van der Waals surface area contributed by atoms with Crippen LogP contribution in [0.5, 0.6) is 5.75 Å². The number of nitro groups is 1. The van der Waals surface area contributed by atoms with Crippen LogP contribution < -0.4 is 4.74 Å². The van der Waals surface area contributed by atoms with Crippen molar-refractivity contribution in [2.24, 2.45) is 0 Å². The van der Waals surface area contributed by atoms with E-state index in [9.17, 15) is 10.1 Å². The number of hydrogen-bond acceptors (Lipinski definition) is 4. The Morgan fingerprint density at radius 2 is 2.33 bits per heavy atom. The van der Waals surface area contributed by atoms with Gasteiger partial charge in [-0.05, 0) is 6.07 Å². The summed E-state index contributed by atoms with van der Waals surface area (Å²) in [6, 6.07) is 4.31. The summed E-state index contributed by atoms with van der Waals surface area (Å²) < 4.78 is 5.00. The van der Waals surface area contributed by atoms with E-state index in [0.29, 0.717) is 11.3 Å². The number of benzene rings is 1. The second-order valence-corrected chi connectivity index (χ2v) is 2.77. The van der Waals surface area contributed by atoms with E-state index in [4.69, 9.17) is 9.84 Å². The highest BCUT2D eigenvalue weighted by Crippen LogP contribution is 2.25. The van der Waals surface area contributed by atoms with Crippen molar-refractivity contribution in [2.45, 2.75) is 0 Å². The number of hydrogen-bond donors (Lipinski definition) is 1. The van der Waals surface area contributed by atoms with E-state index in [2.05, 4.69) is 0 Å². The minimum absolute atomic E-state index is 0.0204. The number of rotatable bonds is 4. The van der Waals surface area contributed by atoms with E-state index < -0.39 is 4.92 Å². The highest BCUT2D eigenvalue weighted by molar-refractivity contribution is 5.60. The number of aliphatic hydroxyl groups is 1. The molecular formula is C10H11NO4. The summed E-state index contributed by atoms with van der Waals surface area (Å²) in [6.45, 7) is -0.0832. The van der Waals surface area contributed by atoms with Crippen molar-refractivity contribution in [1.29, 1.82) is 0 Å². The molecule has 0 amide bonds. The summed E-state index contributed by atoms with van der Waals surface area (Å²) in [4.78, 5) is 10.0. The fraction of sp³-hybridized carbons (Fsp3) is 0.200. The number of ether oxygens (including phenoxy) is 1. The van der Waals surface area contributed by atoms with Crippen LogP contribution in [0.2, 0.25) is 0 Å². The third-order valence-electron chi connectivity index (χ3n) is 1.83. The van der Waals surface area contributed by atoms with E-state index in [0.717, 1.165) is 0 Å². The minimum Gasteiger partial charge on any atom is -0.496 e. The zero-order valence-corrected chi connectivity index (χ0v) is 8.21. The lowest BCUT2D eigenvalue weighted by Gasteiger charge is -2.03. The molecule has 80 valence electrons. The molecule has 15 heavy (non-hydrogen) atoms. The van der Waals surface area contributed by atoms with Crippen LogP contribution in [0, 0.1) is 10.1 Å². The number of non-ortho nitro benzene ring substituents is 1. The molecule has 5 nitrogen and oxygen atoms in total. The molecule has 0 aliphatic rings.